The molecule has 0 bridgehead atoms. The maximum Gasteiger partial charge on any atom is 0.258 e. The van der Waals surface area contributed by atoms with E-state index in [0.29, 0.717) is 25.2 Å². The number of sulfonamides is 1. The highest BCUT2D eigenvalue weighted by molar-refractivity contribution is 7.89. The van der Waals surface area contributed by atoms with E-state index >= 15 is 0 Å². The molecular weight excluding hydrogens is 400 g/mol. The van der Waals surface area contributed by atoms with Crippen LogP contribution in [0, 0.1) is 0 Å². The van der Waals surface area contributed by atoms with Crippen molar-refractivity contribution in [3.63, 3.8) is 0 Å². The van der Waals surface area contributed by atoms with Gasteiger partial charge in [0.25, 0.3) is 5.91 Å². The first kappa shape index (κ1) is 22.5. The van der Waals surface area contributed by atoms with Crippen LogP contribution in [0.3, 0.4) is 0 Å². The SMILES string of the molecule is CCCCN(C(=O)c1ccc(S(=O)(=O)N2CC(C)OC(C)C2)cc1)c1ccccc1. The highest BCUT2D eigenvalue weighted by Gasteiger charge is 2.32. The molecule has 1 saturated heterocycles. The molecule has 162 valence electrons. The lowest BCUT2D eigenvalue weighted by molar-refractivity contribution is -0.0440. The molecule has 2 aromatic carbocycles. The van der Waals surface area contributed by atoms with Gasteiger partial charge in [-0.2, -0.15) is 4.31 Å². The number of rotatable bonds is 7. The van der Waals surface area contributed by atoms with Gasteiger partial charge in [-0.25, -0.2) is 8.42 Å². The van der Waals surface area contributed by atoms with Crippen molar-refractivity contribution in [2.75, 3.05) is 24.5 Å². The van der Waals surface area contributed by atoms with Crippen molar-refractivity contribution in [1.29, 1.82) is 0 Å². The molecule has 1 aliphatic rings. The molecule has 0 spiro atoms. The number of carbonyl (C=O) groups excluding carboxylic acids is 1. The number of morpholine rings is 1. The van der Waals surface area contributed by atoms with Crippen LogP contribution in [0.15, 0.2) is 59.5 Å². The summed E-state index contributed by atoms with van der Waals surface area (Å²) in [6.07, 6.45) is 1.56. The summed E-state index contributed by atoms with van der Waals surface area (Å²) in [6, 6.07) is 15.8. The average Bonchev–Trinajstić information content (AvgIpc) is 2.74. The largest absolute Gasteiger partial charge is 0.373 e. The highest BCUT2D eigenvalue weighted by atomic mass is 32.2. The summed E-state index contributed by atoms with van der Waals surface area (Å²) >= 11 is 0. The molecule has 3 rings (SSSR count). The van der Waals surface area contributed by atoms with Gasteiger partial charge < -0.3 is 9.64 Å². The summed E-state index contributed by atoms with van der Waals surface area (Å²) in [4.78, 5) is 15.1. The zero-order valence-corrected chi connectivity index (χ0v) is 18.6. The van der Waals surface area contributed by atoms with Gasteiger partial charge in [0.05, 0.1) is 17.1 Å². The Labute approximate surface area is 179 Å². The highest BCUT2D eigenvalue weighted by Crippen LogP contribution is 2.23. The molecule has 7 heteroatoms. The summed E-state index contributed by atoms with van der Waals surface area (Å²) in [6.45, 7) is 7.09. The van der Waals surface area contributed by atoms with Gasteiger partial charge in [0, 0.05) is 30.9 Å². The monoisotopic (exact) mass is 430 g/mol. The Morgan fingerprint density at radius 3 is 2.20 bits per heavy atom. The van der Waals surface area contributed by atoms with Crippen molar-refractivity contribution in [3.8, 4) is 0 Å². The van der Waals surface area contributed by atoms with Gasteiger partial charge >= 0.3 is 0 Å². The lowest BCUT2D eigenvalue weighted by atomic mass is 10.1. The Morgan fingerprint density at radius 2 is 1.63 bits per heavy atom. The molecule has 0 N–H and O–H groups in total. The normalized spacial score (nSPS) is 20.1. The molecule has 1 amide bonds. The fourth-order valence-electron chi connectivity index (χ4n) is 3.67. The van der Waals surface area contributed by atoms with Gasteiger partial charge in [-0.15, -0.1) is 0 Å². The molecule has 2 atom stereocenters. The Balaban J connectivity index is 1.82. The third-order valence-corrected chi connectivity index (χ3v) is 7.02. The number of ether oxygens (including phenoxy) is 1. The average molecular weight is 431 g/mol. The summed E-state index contributed by atoms with van der Waals surface area (Å²) in [5.41, 5.74) is 1.31. The zero-order chi connectivity index (χ0) is 21.7. The molecule has 0 aliphatic carbocycles. The van der Waals surface area contributed by atoms with Crippen molar-refractivity contribution < 1.29 is 17.9 Å². The van der Waals surface area contributed by atoms with Crippen LogP contribution in [0.2, 0.25) is 0 Å². The molecule has 0 aromatic heterocycles. The third kappa shape index (κ3) is 5.09. The molecule has 1 heterocycles. The summed E-state index contributed by atoms with van der Waals surface area (Å²) in [5.74, 6) is -0.132. The van der Waals surface area contributed by atoms with Gasteiger partial charge in [0.1, 0.15) is 0 Å². The van der Waals surface area contributed by atoms with E-state index in [-0.39, 0.29) is 23.0 Å². The Morgan fingerprint density at radius 1 is 1.03 bits per heavy atom. The van der Waals surface area contributed by atoms with Crippen LogP contribution in [0.1, 0.15) is 44.0 Å². The van der Waals surface area contributed by atoms with Gasteiger partial charge in [-0.1, -0.05) is 31.5 Å². The van der Waals surface area contributed by atoms with E-state index in [4.69, 9.17) is 4.74 Å². The quantitative estimate of drug-likeness (QED) is 0.668. The molecule has 2 unspecified atom stereocenters. The number of nitrogens with zero attached hydrogens (tertiary/aromatic N) is 2. The number of carbonyl (C=O) groups is 1. The molecule has 0 saturated carbocycles. The molecule has 30 heavy (non-hydrogen) atoms. The van der Waals surface area contributed by atoms with Crippen LogP contribution >= 0.6 is 0 Å². The third-order valence-electron chi connectivity index (χ3n) is 5.17. The van der Waals surface area contributed by atoms with Crippen molar-refractivity contribution in [3.05, 3.63) is 60.2 Å². The van der Waals surface area contributed by atoms with Crippen molar-refractivity contribution in [2.24, 2.45) is 0 Å². The fourth-order valence-corrected chi connectivity index (χ4v) is 5.26. The molecule has 1 aliphatic heterocycles. The first-order valence-corrected chi connectivity index (χ1v) is 11.9. The van der Waals surface area contributed by atoms with Gasteiger partial charge in [0.15, 0.2) is 0 Å². The number of para-hydroxylation sites is 1. The first-order valence-electron chi connectivity index (χ1n) is 10.5. The standard InChI is InChI=1S/C23H30N2O4S/c1-4-5-15-25(21-9-7-6-8-10-21)23(26)20-11-13-22(14-12-20)30(27,28)24-16-18(2)29-19(3)17-24/h6-14,18-19H,4-5,15-17H2,1-3H3. The fraction of sp³-hybridized carbons (Fsp3) is 0.435. The van der Waals surface area contributed by atoms with Gasteiger partial charge in [-0.3, -0.25) is 4.79 Å². The van der Waals surface area contributed by atoms with Crippen LogP contribution in [0.4, 0.5) is 5.69 Å². The molecule has 0 radical (unpaired) electrons. The Bertz CT molecular complexity index is 935. The van der Waals surface area contributed by atoms with E-state index in [2.05, 4.69) is 6.92 Å². The number of anilines is 1. The van der Waals surface area contributed by atoms with Crippen LogP contribution in [0.5, 0.6) is 0 Å². The topological polar surface area (TPSA) is 66.9 Å². The number of benzene rings is 2. The zero-order valence-electron chi connectivity index (χ0n) is 17.8. The lowest BCUT2D eigenvalue weighted by Crippen LogP contribution is -2.48. The van der Waals surface area contributed by atoms with Crippen LogP contribution in [0.25, 0.3) is 0 Å². The molecule has 1 fully saturated rings. The number of hydrogen-bond acceptors (Lipinski definition) is 4. The van der Waals surface area contributed by atoms with Crippen molar-refractivity contribution in [2.45, 2.75) is 50.7 Å². The van der Waals surface area contributed by atoms with Crippen molar-refractivity contribution in [1.82, 2.24) is 4.31 Å². The van der Waals surface area contributed by atoms with E-state index in [0.717, 1.165) is 18.5 Å². The minimum atomic E-state index is -3.63. The van der Waals surface area contributed by atoms with Crippen LogP contribution in [-0.4, -0.2) is 50.5 Å². The maximum atomic E-state index is 13.1. The van der Waals surface area contributed by atoms with Crippen LogP contribution in [-0.2, 0) is 14.8 Å². The molecule has 2 aromatic rings. The summed E-state index contributed by atoms with van der Waals surface area (Å²) in [7, 11) is -3.63. The van der Waals surface area contributed by atoms with Gasteiger partial charge in [0.2, 0.25) is 10.0 Å². The van der Waals surface area contributed by atoms with Crippen LogP contribution < -0.4 is 4.90 Å². The van der Waals surface area contributed by atoms with Crippen molar-refractivity contribution >= 4 is 21.6 Å². The first-order chi connectivity index (χ1) is 14.3. The van der Waals surface area contributed by atoms with E-state index in [9.17, 15) is 13.2 Å². The maximum absolute atomic E-state index is 13.1. The lowest BCUT2D eigenvalue weighted by Gasteiger charge is -2.34. The molecule has 6 nitrogen and oxygen atoms in total. The Kier molecular flexibility index (Phi) is 7.28. The molecular formula is C23H30N2O4S. The smallest absolute Gasteiger partial charge is 0.258 e. The summed E-state index contributed by atoms with van der Waals surface area (Å²) in [5, 5.41) is 0. The van der Waals surface area contributed by atoms with E-state index in [1.807, 2.05) is 44.2 Å². The number of unbranched alkanes of at least 4 members (excludes halogenated alkanes) is 1. The van der Waals surface area contributed by atoms with E-state index < -0.39 is 10.0 Å². The second-order valence-corrected chi connectivity index (χ2v) is 9.69. The number of hydrogen-bond donors (Lipinski definition) is 0. The van der Waals surface area contributed by atoms with E-state index in [1.165, 1.54) is 16.4 Å². The van der Waals surface area contributed by atoms with E-state index in [1.54, 1.807) is 17.0 Å². The Hall–Kier alpha value is -2.22. The predicted molar refractivity (Wildman–Crippen MR) is 118 cm³/mol. The minimum absolute atomic E-state index is 0.132. The minimum Gasteiger partial charge on any atom is -0.373 e. The predicted octanol–water partition coefficient (Wildman–Crippen LogP) is 3.93. The van der Waals surface area contributed by atoms with Gasteiger partial charge in [-0.05, 0) is 56.7 Å². The summed E-state index contributed by atoms with van der Waals surface area (Å²) < 4.78 is 33.2. The number of amides is 1. The second-order valence-electron chi connectivity index (χ2n) is 7.75. The second kappa shape index (κ2) is 9.73.